The van der Waals surface area contributed by atoms with Gasteiger partial charge in [-0.05, 0) is 24.3 Å². The van der Waals surface area contributed by atoms with Gasteiger partial charge in [0.1, 0.15) is 0 Å². The van der Waals surface area contributed by atoms with Crippen LogP contribution in [-0.4, -0.2) is 23.0 Å². The van der Waals surface area contributed by atoms with Gasteiger partial charge in [0.25, 0.3) is 0 Å². The number of hydrogen-bond acceptors (Lipinski definition) is 5. The van der Waals surface area contributed by atoms with Gasteiger partial charge >= 0.3 is 5.97 Å². The first-order valence-corrected chi connectivity index (χ1v) is 5.00. The standard InChI is InChI=1S/C11H14N2O4/c1-11(2,13(15)16)7-17-10(14)8-3-5-9(12)6-4-8/h3-6H,7,12H2,1-2H3. The molecule has 1 aromatic carbocycles. The van der Waals surface area contributed by atoms with E-state index in [1.165, 1.54) is 26.0 Å². The summed E-state index contributed by atoms with van der Waals surface area (Å²) in [6, 6.07) is 6.15. The van der Waals surface area contributed by atoms with Gasteiger partial charge in [-0.25, -0.2) is 4.79 Å². The first kappa shape index (κ1) is 13.0. The molecule has 2 N–H and O–H groups in total. The Morgan fingerprint density at radius 2 is 1.94 bits per heavy atom. The quantitative estimate of drug-likeness (QED) is 0.371. The van der Waals surface area contributed by atoms with Crippen molar-refractivity contribution in [3.05, 3.63) is 39.9 Å². The van der Waals surface area contributed by atoms with Crippen molar-refractivity contribution in [2.75, 3.05) is 12.3 Å². The lowest BCUT2D eigenvalue weighted by atomic mass is 10.1. The predicted octanol–water partition coefficient (Wildman–Crippen LogP) is 1.48. The Balaban J connectivity index is 2.62. The van der Waals surface area contributed by atoms with Gasteiger partial charge in [0.15, 0.2) is 6.61 Å². The molecule has 0 aromatic heterocycles. The van der Waals surface area contributed by atoms with E-state index in [9.17, 15) is 14.9 Å². The van der Waals surface area contributed by atoms with E-state index < -0.39 is 16.4 Å². The van der Waals surface area contributed by atoms with Gasteiger partial charge in [-0.3, -0.25) is 10.1 Å². The molecule has 0 heterocycles. The maximum absolute atomic E-state index is 11.5. The van der Waals surface area contributed by atoms with E-state index in [1.54, 1.807) is 12.1 Å². The highest BCUT2D eigenvalue weighted by Gasteiger charge is 2.32. The summed E-state index contributed by atoms with van der Waals surface area (Å²) >= 11 is 0. The molecule has 6 nitrogen and oxygen atoms in total. The maximum atomic E-state index is 11.5. The molecule has 0 aliphatic rings. The number of carbonyl (C=O) groups excluding carboxylic acids is 1. The van der Waals surface area contributed by atoms with E-state index in [2.05, 4.69) is 0 Å². The highest BCUT2D eigenvalue weighted by atomic mass is 16.6. The second-order valence-electron chi connectivity index (χ2n) is 4.27. The molecule has 0 fully saturated rings. The van der Waals surface area contributed by atoms with Crippen LogP contribution in [0.1, 0.15) is 24.2 Å². The summed E-state index contributed by atoms with van der Waals surface area (Å²) in [7, 11) is 0. The van der Waals surface area contributed by atoms with Crippen LogP contribution in [0, 0.1) is 10.1 Å². The molecule has 0 amide bonds. The van der Waals surface area contributed by atoms with E-state index in [-0.39, 0.29) is 6.61 Å². The van der Waals surface area contributed by atoms with Crippen molar-refractivity contribution >= 4 is 11.7 Å². The lowest BCUT2D eigenvalue weighted by molar-refractivity contribution is -0.563. The Hall–Kier alpha value is -2.11. The number of esters is 1. The van der Waals surface area contributed by atoms with Gasteiger partial charge in [0, 0.05) is 24.5 Å². The SMILES string of the molecule is CC(C)(COC(=O)c1ccc(N)cc1)[N+](=O)[O-]. The molecule has 0 atom stereocenters. The maximum Gasteiger partial charge on any atom is 0.338 e. The zero-order valence-corrected chi connectivity index (χ0v) is 9.67. The van der Waals surface area contributed by atoms with Gasteiger partial charge in [-0.2, -0.15) is 0 Å². The largest absolute Gasteiger partial charge is 0.454 e. The molecule has 0 saturated heterocycles. The summed E-state index contributed by atoms with van der Waals surface area (Å²) in [4.78, 5) is 21.7. The van der Waals surface area contributed by atoms with Crippen LogP contribution in [0.2, 0.25) is 0 Å². The number of ether oxygens (including phenoxy) is 1. The minimum absolute atomic E-state index is 0.275. The zero-order chi connectivity index (χ0) is 13.1. The highest BCUT2D eigenvalue weighted by molar-refractivity contribution is 5.89. The normalized spacial score (nSPS) is 10.9. The number of nitrogens with zero attached hydrogens (tertiary/aromatic N) is 1. The molecule has 0 bridgehead atoms. The van der Waals surface area contributed by atoms with Crippen molar-refractivity contribution in [1.82, 2.24) is 0 Å². The van der Waals surface area contributed by atoms with Crippen molar-refractivity contribution in [2.45, 2.75) is 19.4 Å². The number of carbonyl (C=O) groups is 1. The van der Waals surface area contributed by atoms with E-state index >= 15 is 0 Å². The summed E-state index contributed by atoms with van der Waals surface area (Å²) in [6.07, 6.45) is 0. The fraction of sp³-hybridized carbons (Fsp3) is 0.364. The van der Waals surface area contributed by atoms with Crippen LogP contribution in [0.3, 0.4) is 0 Å². The molecular formula is C11H14N2O4. The third kappa shape index (κ3) is 3.44. The molecule has 92 valence electrons. The molecule has 0 unspecified atom stereocenters. The number of hydrogen-bond donors (Lipinski definition) is 1. The lowest BCUT2D eigenvalue weighted by Crippen LogP contribution is -2.37. The second kappa shape index (κ2) is 4.82. The number of nitrogen functional groups attached to an aromatic ring is 1. The zero-order valence-electron chi connectivity index (χ0n) is 9.67. The molecule has 1 rings (SSSR count). The highest BCUT2D eigenvalue weighted by Crippen LogP contribution is 2.11. The minimum atomic E-state index is -1.29. The number of benzene rings is 1. The van der Waals surface area contributed by atoms with Crippen LogP contribution in [0.25, 0.3) is 0 Å². The first-order valence-electron chi connectivity index (χ1n) is 5.00. The minimum Gasteiger partial charge on any atom is -0.454 e. The Labute approximate surface area is 98.5 Å². The smallest absolute Gasteiger partial charge is 0.338 e. The Bertz CT molecular complexity index is 426. The van der Waals surface area contributed by atoms with Crippen LogP contribution >= 0.6 is 0 Å². The van der Waals surface area contributed by atoms with Gasteiger partial charge in [0.05, 0.1) is 5.56 Å². The van der Waals surface area contributed by atoms with Crippen molar-refractivity contribution in [3.8, 4) is 0 Å². The van der Waals surface area contributed by atoms with E-state index in [1.807, 2.05) is 0 Å². The van der Waals surface area contributed by atoms with E-state index in [0.717, 1.165) is 0 Å². The summed E-state index contributed by atoms with van der Waals surface area (Å²) in [6.45, 7) is 2.51. The number of rotatable bonds is 4. The van der Waals surface area contributed by atoms with Crippen LogP contribution in [-0.2, 0) is 4.74 Å². The lowest BCUT2D eigenvalue weighted by Gasteiger charge is -2.15. The average molecular weight is 238 g/mol. The van der Waals surface area contributed by atoms with E-state index in [4.69, 9.17) is 10.5 Å². The van der Waals surface area contributed by atoms with Gasteiger partial charge in [-0.15, -0.1) is 0 Å². The summed E-state index contributed by atoms with van der Waals surface area (Å²) in [5.74, 6) is -0.597. The Morgan fingerprint density at radius 3 is 2.41 bits per heavy atom. The molecule has 0 saturated carbocycles. The fourth-order valence-corrected chi connectivity index (χ4v) is 0.997. The molecule has 0 aliphatic carbocycles. The first-order chi connectivity index (χ1) is 7.83. The van der Waals surface area contributed by atoms with Crippen molar-refractivity contribution in [1.29, 1.82) is 0 Å². The van der Waals surface area contributed by atoms with Crippen LogP contribution in [0.5, 0.6) is 0 Å². The van der Waals surface area contributed by atoms with Crippen molar-refractivity contribution < 1.29 is 14.5 Å². The van der Waals surface area contributed by atoms with Crippen molar-refractivity contribution in [2.24, 2.45) is 0 Å². The van der Waals surface area contributed by atoms with Crippen LogP contribution in [0.4, 0.5) is 5.69 Å². The fourth-order valence-electron chi connectivity index (χ4n) is 0.997. The van der Waals surface area contributed by atoms with Crippen molar-refractivity contribution in [3.63, 3.8) is 0 Å². The van der Waals surface area contributed by atoms with Gasteiger partial charge < -0.3 is 10.5 Å². The van der Waals surface area contributed by atoms with E-state index in [0.29, 0.717) is 11.3 Å². The molecule has 6 heteroatoms. The molecular weight excluding hydrogens is 224 g/mol. The Morgan fingerprint density at radius 1 is 1.41 bits per heavy atom. The molecule has 0 radical (unpaired) electrons. The van der Waals surface area contributed by atoms with Gasteiger partial charge in [-0.1, -0.05) is 0 Å². The third-order valence-electron chi connectivity index (χ3n) is 2.20. The van der Waals surface area contributed by atoms with Crippen LogP contribution in [0.15, 0.2) is 24.3 Å². The number of nitrogens with two attached hydrogens (primary N) is 1. The summed E-state index contributed by atoms with van der Waals surface area (Å²) < 4.78 is 4.87. The topological polar surface area (TPSA) is 95.5 Å². The molecule has 17 heavy (non-hydrogen) atoms. The monoisotopic (exact) mass is 238 g/mol. The number of nitro groups is 1. The second-order valence-corrected chi connectivity index (χ2v) is 4.27. The summed E-state index contributed by atoms with van der Waals surface area (Å²) in [5.41, 5.74) is 5.03. The predicted molar refractivity (Wildman–Crippen MR) is 62.2 cm³/mol. The van der Waals surface area contributed by atoms with Crippen LogP contribution < -0.4 is 5.73 Å². The number of anilines is 1. The Kier molecular flexibility index (Phi) is 3.67. The average Bonchev–Trinajstić information content (AvgIpc) is 2.27. The summed E-state index contributed by atoms with van der Waals surface area (Å²) in [5, 5.41) is 10.6. The third-order valence-corrected chi connectivity index (χ3v) is 2.20. The molecule has 0 aliphatic heterocycles. The molecule has 1 aromatic rings. The van der Waals surface area contributed by atoms with Gasteiger partial charge in [0.2, 0.25) is 5.54 Å². The molecule has 0 spiro atoms.